The Balaban J connectivity index is 1.68. The van der Waals surface area contributed by atoms with Gasteiger partial charge in [0.1, 0.15) is 12.3 Å². The maximum atomic E-state index is 12.8. The van der Waals surface area contributed by atoms with Crippen molar-refractivity contribution in [1.29, 1.82) is 0 Å². The number of nitrogens with zero attached hydrogens (tertiary/aromatic N) is 4. The van der Waals surface area contributed by atoms with E-state index in [4.69, 9.17) is 9.47 Å². The van der Waals surface area contributed by atoms with Gasteiger partial charge < -0.3 is 14.8 Å². The minimum atomic E-state index is -0.422. The Morgan fingerprint density at radius 2 is 1.83 bits per heavy atom. The van der Waals surface area contributed by atoms with Gasteiger partial charge in [-0.2, -0.15) is 5.10 Å². The van der Waals surface area contributed by atoms with E-state index in [1.165, 1.54) is 4.68 Å². The SMILES string of the molecule is Cn1cc2c(n1)C(=O)CCCOCCOc1cc(ccn1)-c1ccnc(c1)C(=O)N2. The van der Waals surface area contributed by atoms with Crippen molar-refractivity contribution in [2.75, 3.05) is 25.1 Å². The summed E-state index contributed by atoms with van der Waals surface area (Å²) in [5.74, 6) is -0.114. The van der Waals surface area contributed by atoms with E-state index in [-0.39, 0.29) is 23.6 Å². The molecule has 4 heterocycles. The molecule has 30 heavy (non-hydrogen) atoms. The van der Waals surface area contributed by atoms with Gasteiger partial charge in [-0.15, -0.1) is 0 Å². The largest absolute Gasteiger partial charge is 0.475 e. The van der Waals surface area contributed by atoms with E-state index >= 15 is 0 Å². The van der Waals surface area contributed by atoms with Crippen molar-refractivity contribution < 1.29 is 19.1 Å². The Labute approximate surface area is 173 Å². The van der Waals surface area contributed by atoms with Crippen molar-refractivity contribution in [1.82, 2.24) is 19.7 Å². The number of pyridine rings is 2. The lowest BCUT2D eigenvalue weighted by Gasteiger charge is -2.10. The summed E-state index contributed by atoms with van der Waals surface area (Å²) >= 11 is 0. The summed E-state index contributed by atoms with van der Waals surface area (Å²) in [4.78, 5) is 33.7. The van der Waals surface area contributed by atoms with Crippen LogP contribution in [0.3, 0.4) is 0 Å². The van der Waals surface area contributed by atoms with Crippen LogP contribution in [0.2, 0.25) is 0 Å². The van der Waals surface area contributed by atoms with Gasteiger partial charge in [0, 0.05) is 44.7 Å². The molecule has 0 radical (unpaired) electrons. The lowest BCUT2D eigenvalue weighted by Crippen LogP contribution is -2.16. The second-order valence-corrected chi connectivity index (χ2v) is 6.82. The number of Topliss-reactive ketones (excluding diaryl/α,β-unsaturated/α-hetero) is 1. The molecular formula is C21H21N5O4. The van der Waals surface area contributed by atoms with Crippen LogP contribution in [-0.2, 0) is 11.8 Å². The highest BCUT2D eigenvalue weighted by atomic mass is 16.5. The molecule has 1 N–H and O–H groups in total. The number of anilines is 1. The standard InChI is InChI=1S/C21H21N5O4/c1-26-13-17-20(25-26)18(27)3-2-8-29-9-10-30-19-12-15(5-7-23-19)14-4-6-22-16(11-14)21(28)24-17/h4-7,11-13H,2-3,8-10H2,1H3,(H,24,28). The fourth-order valence-electron chi connectivity index (χ4n) is 3.13. The summed E-state index contributed by atoms with van der Waals surface area (Å²) in [7, 11) is 1.70. The molecule has 0 saturated heterocycles. The van der Waals surface area contributed by atoms with Crippen molar-refractivity contribution in [2.45, 2.75) is 12.8 Å². The van der Waals surface area contributed by atoms with Gasteiger partial charge in [-0.1, -0.05) is 0 Å². The van der Waals surface area contributed by atoms with Crippen LogP contribution >= 0.6 is 0 Å². The third-order valence-electron chi connectivity index (χ3n) is 4.57. The van der Waals surface area contributed by atoms with Crippen LogP contribution in [0, 0.1) is 0 Å². The van der Waals surface area contributed by atoms with Gasteiger partial charge in [0.05, 0.1) is 12.3 Å². The molecule has 4 rings (SSSR count). The summed E-state index contributed by atoms with van der Waals surface area (Å²) < 4.78 is 12.7. The van der Waals surface area contributed by atoms with Gasteiger partial charge >= 0.3 is 0 Å². The van der Waals surface area contributed by atoms with E-state index < -0.39 is 5.91 Å². The lowest BCUT2D eigenvalue weighted by atomic mass is 10.1. The van der Waals surface area contributed by atoms with E-state index in [9.17, 15) is 9.59 Å². The highest BCUT2D eigenvalue weighted by Gasteiger charge is 2.19. The van der Waals surface area contributed by atoms with Gasteiger partial charge in [0.2, 0.25) is 5.88 Å². The molecule has 1 amide bonds. The number of fused-ring (bicyclic) bond motifs is 6. The van der Waals surface area contributed by atoms with Gasteiger partial charge in [0.15, 0.2) is 11.5 Å². The third kappa shape index (κ3) is 4.52. The fourth-order valence-corrected chi connectivity index (χ4v) is 3.13. The summed E-state index contributed by atoms with van der Waals surface area (Å²) in [6.45, 7) is 1.16. The number of carbonyl (C=O) groups excluding carboxylic acids is 2. The first kappa shape index (κ1) is 19.7. The maximum absolute atomic E-state index is 12.8. The van der Waals surface area contributed by atoms with Gasteiger partial charge in [-0.05, 0) is 35.7 Å². The number of amides is 1. The predicted octanol–water partition coefficient (Wildman–Crippen LogP) is 2.50. The molecule has 9 nitrogen and oxygen atoms in total. The van der Waals surface area contributed by atoms with Crippen molar-refractivity contribution >= 4 is 17.4 Å². The highest BCUT2D eigenvalue weighted by molar-refractivity contribution is 6.08. The van der Waals surface area contributed by atoms with E-state index in [0.717, 1.165) is 11.1 Å². The number of rotatable bonds is 0. The highest BCUT2D eigenvalue weighted by Crippen LogP contribution is 2.23. The average molecular weight is 407 g/mol. The number of nitrogens with one attached hydrogen (secondary N) is 1. The average Bonchev–Trinajstić information content (AvgIpc) is 3.12. The van der Waals surface area contributed by atoms with Crippen molar-refractivity contribution in [3.05, 3.63) is 54.2 Å². The smallest absolute Gasteiger partial charge is 0.274 e. The molecule has 0 saturated carbocycles. The van der Waals surface area contributed by atoms with Crippen LogP contribution in [0.15, 0.2) is 42.9 Å². The van der Waals surface area contributed by atoms with Crippen LogP contribution in [0.4, 0.5) is 5.69 Å². The maximum Gasteiger partial charge on any atom is 0.274 e. The Hall–Kier alpha value is -3.59. The summed E-state index contributed by atoms with van der Waals surface area (Å²) in [6.07, 6.45) is 5.62. The molecule has 3 aromatic heterocycles. The Morgan fingerprint density at radius 1 is 1.03 bits per heavy atom. The molecule has 1 aliphatic rings. The first-order chi connectivity index (χ1) is 14.6. The second-order valence-electron chi connectivity index (χ2n) is 6.82. The van der Waals surface area contributed by atoms with Gasteiger partial charge in [0.25, 0.3) is 5.91 Å². The first-order valence-electron chi connectivity index (χ1n) is 9.61. The lowest BCUT2D eigenvalue weighted by molar-refractivity contribution is 0.0862. The molecule has 0 fully saturated rings. The molecule has 0 atom stereocenters. The molecule has 0 aromatic carbocycles. The van der Waals surface area contributed by atoms with E-state index in [1.807, 2.05) is 6.07 Å². The number of hydrogen-bond donors (Lipinski definition) is 1. The van der Waals surface area contributed by atoms with Gasteiger partial charge in [-0.25, -0.2) is 4.98 Å². The number of carbonyl (C=O) groups is 2. The number of aryl methyl sites for hydroxylation is 1. The van der Waals surface area contributed by atoms with Crippen LogP contribution in [0.25, 0.3) is 11.1 Å². The Morgan fingerprint density at radius 3 is 2.70 bits per heavy atom. The molecule has 0 spiro atoms. The van der Waals surface area contributed by atoms with Crippen LogP contribution in [0.1, 0.15) is 33.8 Å². The zero-order valence-corrected chi connectivity index (χ0v) is 16.5. The quantitative estimate of drug-likeness (QED) is 0.610. The van der Waals surface area contributed by atoms with Gasteiger partial charge in [-0.3, -0.25) is 19.3 Å². The van der Waals surface area contributed by atoms with Crippen molar-refractivity contribution in [3.63, 3.8) is 0 Å². The molecule has 9 heteroatoms. The monoisotopic (exact) mass is 407 g/mol. The summed E-state index contributed by atoms with van der Waals surface area (Å²) in [5, 5.41) is 6.97. The minimum Gasteiger partial charge on any atom is -0.475 e. The molecule has 0 unspecified atom stereocenters. The first-order valence-corrected chi connectivity index (χ1v) is 9.61. The normalized spacial score (nSPS) is 15.4. The summed E-state index contributed by atoms with van der Waals surface area (Å²) in [6, 6.07) is 7.11. The Bertz CT molecular complexity index is 1080. The summed E-state index contributed by atoms with van der Waals surface area (Å²) in [5.41, 5.74) is 2.45. The fraction of sp³-hybridized carbons (Fsp3) is 0.286. The second kappa shape index (κ2) is 8.83. The minimum absolute atomic E-state index is 0.159. The van der Waals surface area contributed by atoms with E-state index in [2.05, 4.69) is 20.4 Å². The topological polar surface area (TPSA) is 108 Å². The van der Waals surface area contributed by atoms with Crippen LogP contribution in [0.5, 0.6) is 5.88 Å². The zero-order valence-electron chi connectivity index (χ0n) is 16.5. The number of ether oxygens (including phenoxy) is 2. The molecule has 154 valence electrons. The molecule has 0 aliphatic carbocycles. The van der Waals surface area contributed by atoms with E-state index in [0.29, 0.717) is 37.8 Å². The third-order valence-corrected chi connectivity index (χ3v) is 4.57. The van der Waals surface area contributed by atoms with Crippen LogP contribution < -0.4 is 10.1 Å². The van der Waals surface area contributed by atoms with Crippen molar-refractivity contribution in [2.24, 2.45) is 7.05 Å². The number of hydrogen-bond acceptors (Lipinski definition) is 7. The zero-order chi connectivity index (χ0) is 20.9. The molecule has 3 aromatic rings. The molecule has 4 bridgehead atoms. The predicted molar refractivity (Wildman–Crippen MR) is 109 cm³/mol. The van der Waals surface area contributed by atoms with Crippen LogP contribution in [-0.4, -0.2) is 51.3 Å². The number of aromatic nitrogens is 4. The number of ketones is 1. The van der Waals surface area contributed by atoms with E-state index in [1.54, 1.807) is 43.8 Å². The Kier molecular flexibility index (Phi) is 5.80. The van der Waals surface area contributed by atoms with Crippen molar-refractivity contribution in [3.8, 4) is 17.0 Å². The molecular weight excluding hydrogens is 386 g/mol. The molecule has 1 aliphatic heterocycles.